The van der Waals surface area contributed by atoms with Crippen LogP contribution in [-0.2, 0) is 9.47 Å². The fourth-order valence-corrected chi connectivity index (χ4v) is 4.51. The van der Waals surface area contributed by atoms with E-state index in [1.54, 1.807) is 12.0 Å². The van der Waals surface area contributed by atoms with Crippen molar-refractivity contribution in [2.24, 2.45) is 5.92 Å². The number of carbonyl (C=O) groups excluding carboxylic acids is 1. The molecule has 1 aliphatic carbocycles. The Balaban J connectivity index is 1.85. The van der Waals surface area contributed by atoms with Gasteiger partial charge in [-0.3, -0.25) is 4.90 Å². The molecule has 0 bridgehead atoms. The zero-order chi connectivity index (χ0) is 19.7. The van der Waals surface area contributed by atoms with Crippen LogP contribution in [-0.4, -0.2) is 36.0 Å². The number of hydrogen-bond donors (Lipinski definition) is 0. The van der Waals surface area contributed by atoms with Crippen molar-refractivity contribution >= 4 is 6.09 Å². The average Bonchev–Trinajstić information content (AvgIpc) is 2.88. The summed E-state index contributed by atoms with van der Waals surface area (Å²) >= 11 is 0. The van der Waals surface area contributed by atoms with Crippen LogP contribution >= 0.6 is 0 Å². The molecule has 150 valence electrons. The molecule has 0 N–H and O–H groups in total. The first-order valence-electron chi connectivity index (χ1n) is 10.0. The van der Waals surface area contributed by atoms with Crippen molar-refractivity contribution in [3.05, 3.63) is 29.8 Å². The van der Waals surface area contributed by atoms with Gasteiger partial charge in [0.25, 0.3) is 0 Å². The number of ether oxygens (including phenoxy) is 3. The molecule has 1 atom stereocenters. The second-order valence-electron chi connectivity index (χ2n) is 8.86. The molecule has 5 heteroatoms. The third-order valence-corrected chi connectivity index (χ3v) is 5.86. The van der Waals surface area contributed by atoms with E-state index in [4.69, 9.17) is 14.2 Å². The van der Waals surface area contributed by atoms with Gasteiger partial charge in [0.15, 0.2) is 0 Å². The van der Waals surface area contributed by atoms with Crippen LogP contribution in [0.4, 0.5) is 4.79 Å². The second-order valence-corrected chi connectivity index (χ2v) is 8.86. The molecule has 1 aromatic carbocycles. The van der Waals surface area contributed by atoms with Crippen LogP contribution in [0.15, 0.2) is 24.3 Å². The van der Waals surface area contributed by atoms with Crippen molar-refractivity contribution in [3.63, 3.8) is 0 Å². The number of hydrogen-bond acceptors (Lipinski definition) is 4. The van der Waals surface area contributed by atoms with E-state index >= 15 is 0 Å². The van der Waals surface area contributed by atoms with Gasteiger partial charge in [-0.2, -0.15) is 0 Å². The number of methoxy groups -OCH3 is 1. The third kappa shape index (κ3) is 4.23. The molecule has 2 aliphatic rings. The molecular formula is C22H33NO4. The number of rotatable bonds is 4. The normalized spacial score (nSPS) is 23.1. The molecule has 0 aromatic heterocycles. The van der Waals surface area contributed by atoms with Crippen molar-refractivity contribution in [1.82, 2.24) is 4.90 Å². The Morgan fingerprint density at radius 2 is 1.74 bits per heavy atom. The SMILES string of the molecule is COc1ccc(C(OC(=O)N2C(C)(C)COC2(C)C)C2CCCCC2)cc1. The Kier molecular flexibility index (Phi) is 5.71. The molecular weight excluding hydrogens is 342 g/mol. The fourth-order valence-electron chi connectivity index (χ4n) is 4.51. The summed E-state index contributed by atoms with van der Waals surface area (Å²) in [4.78, 5) is 15.0. The van der Waals surface area contributed by atoms with Crippen LogP contribution in [0.3, 0.4) is 0 Å². The van der Waals surface area contributed by atoms with E-state index in [0.29, 0.717) is 12.5 Å². The van der Waals surface area contributed by atoms with Crippen molar-refractivity contribution in [3.8, 4) is 5.75 Å². The highest BCUT2D eigenvalue weighted by Crippen LogP contribution is 2.40. The van der Waals surface area contributed by atoms with Crippen LogP contribution in [0, 0.1) is 5.92 Å². The molecule has 0 radical (unpaired) electrons. The van der Waals surface area contributed by atoms with E-state index in [9.17, 15) is 4.79 Å². The van der Waals surface area contributed by atoms with E-state index in [0.717, 1.165) is 24.2 Å². The lowest BCUT2D eigenvalue weighted by Gasteiger charge is -2.39. The largest absolute Gasteiger partial charge is 0.497 e. The summed E-state index contributed by atoms with van der Waals surface area (Å²) in [6.07, 6.45) is 5.29. The number of nitrogens with zero attached hydrogens (tertiary/aromatic N) is 1. The van der Waals surface area contributed by atoms with Gasteiger partial charge in [-0.15, -0.1) is 0 Å². The number of benzene rings is 1. The summed E-state index contributed by atoms with van der Waals surface area (Å²) in [7, 11) is 1.66. The molecule has 3 rings (SSSR count). The first-order chi connectivity index (χ1) is 12.7. The van der Waals surface area contributed by atoms with Crippen LogP contribution in [0.5, 0.6) is 5.75 Å². The maximum atomic E-state index is 13.2. The number of amides is 1. The summed E-state index contributed by atoms with van der Waals surface area (Å²) in [5.74, 6) is 1.16. The van der Waals surface area contributed by atoms with E-state index in [-0.39, 0.29) is 12.2 Å². The molecule has 1 saturated heterocycles. The highest BCUT2D eigenvalue weighted by molar-refractivity contribution is 5.70. The predicted molar refractivity (Wildman–Crippen MR) is 105 cm³/mol. The molecule has 0 spiro atoms. The summed E-state index contributed by atoms with van der Waals surface area (Å²) in [5, 5.41) is 0. The highest BCUT2D eigenvalue weighted by Gasteiger charge is 2.50. The van der Waals surface area contributed by atoms with Gasteiger partial charge < -0.3 is 14.2 Å². The highest BCUT2D eigenvalue weighted by atomic mass is 16.6. The van der Waals surface area contributed by atoms with Crippen LogP contribution < -0.4 is 4.74 Å². The fraction of sp³-hybridized carbons (Fsp3) is 0.682. The molecule has 1 unspecified atom stereocenters. The van der Waals surface area contributed by atoms with Crippen LogP contribution in [0.1, 0.15) is 71.5 Å². The Hall–Kier alpha value is -1.75. The monoisotopic (exact) mass is 375 g/mol. The molecule has 1 heterocycles. The van der Waals surface area contributed by atoms with E-state index in [2.05, 4.69) is 0 Å². The van der Waals surface area contributed by atoms with Crippen molar-refractivity contribution in [1.29, 1.82) is 0 Å². The first kappa shape index (κ1) is 20.0. The predicted octanol–water partition coefficient (Wildman–Crippen LogP) is 5.30. The van der Waals surface area contributed by atoms with Gasteiger partial charge in [-0.1, -0.05) is 31.4 Å². The molecule has 27 heavy (non-hydrogen) atoms. The summed E-state index contributed by atoms with van der Waals surface area (Å²) in [6.45, 7) is 8.39. The van der Waals surface area contributed by atoms with Gasteiger partial charge in [-0.05, 0) is 58.2 Å². The maximum Gasteiger partial charge on any atom is 0.413 e. The first-order valence-corrected chi connectivity index (χ1v) is 10.0. The zero-order valence-corrected chi connectivity index (χ0v) is 17.3. The van der Waals surface area contributed by atoms with E-state index in [1.165, 1.54) is 19.3 Å². The van der Waals surface area contributed by atoms with Gasteiger partial charge >= 0.3 is 6.09 Å². The third-order valence-electron chi connectivity index (χ3n) is 5.86. The van der Waals surface area contributed by atoms with Gasteiger partial charge in [-0.25, -0.2) is 4.79 Å². The lowest BCUT2D eigenvalue weighted by atomic mass is 9.82. The molecule has 1 saturated carbocycles. The molecule has 1 amide bonds. The Bertz CT molecular complexity index is 631. The second kappa shape index (κ2) is 7.70. The summed E-state index contributed by atoms with van der Waals surface area (Å²) < 4.78 is 17.3. The van der Waals surface area contributed by atoms with Crippen molar-refractivity contribution in [2.75, 3.05) is 13.7 Å². The van der Waals surface area contributed by atoms with Crippen molar-refractivity contribution in [2.45, 2.75) is 77.2 Å². The average molecular weight is 376 g/mol. The van der Waals surface area contributed by atoms with E-state index in [1.807, 2.05) is 52.0 Å². The lowest BCUT2D eigenvalue weighted by molar-refractivity contribution is -0.0654. The topological polar surface area (TPSA) is 48.0 Å². The van der Waals surface area contributed by atoms with Crippen LogP contribution in [0.2, 0.25) is 0 Å². The minimum absolute atomic E-state index is 0.240. The van der Waals surface area contributed by atoms with Gasteiger partial charge in [0.2, 0.25) is 0 Å². The van der Waals surface area contributed by atoms with Gasteiger partial charge in [0.1, 0.15) is 17.6 Å². The smallest absolute Gasteiger partial charge is 0.413 e. The van der Waals surface area contributed by atoms with Crippen molar-refractivity contribution < 1.29 is 19.0 Å². The Labute approximate surface area is 163 Å². The molecule has 5 nitrogen and oxygen atoms in total. The Morgan fingerprint density at radius 3 is 2.26 bits per heavy atom. The van der Waals surface area contributed by atoms with Gasteiger partial charge in [0.05, 0.1) is 19.3 Å². The summed E-state index contributed by atoms with van der Waals surface area (Å²) in [6, 6.07) is 7.90. The quantitative estimate of drug-likeness (QED) is 0.716. The zero-order valence-electron chi connectivity index (χ0n) is 17.3. The van der Waals surface area contributed by atoms with Crippen LogP contribution in [0.25, 0.3) is 0 Å². The Morgan fingerprint density at radius 1 is 1.11 bits per heavy atom. The minimum atomic E-state index is -0.669. The summed E-state index contributed by atoms with van der Waals surface area (Å²) in [5.41, 5.74) is -0.0263. The minimum Gasteiger partial charge on any atom is -0.497 e. The van der Waals surface area contributed by atoms with E-state index < -0.39 is 11.3 Å². The molecule has 1 aliphatic heterocycles. The number of carbonyl (C=O) groups is 1. The lowest BCUT2D eigenvalue weighted by Crippen LogP contribution is -2.53. The molecule has 1 aromatic rings. The molecule has 2 fully saturated rings. The maximum absolute atomic E-state index is 13.2. The van der Waals surface area contributed by atoms with Gasteiger partial charge in [0, 0.05) is 5.92 Å². The standard InChI is InChI=1S/C22H33NO4/c1-21(2)15-26-22(3,4)23(21)20(24)27-19(16-9-7-6-8-10-16)17-11-13-18(25-5)14-12-17/h11-14,16,19H,6-10,15H2,1-5H3.